The molecule has 0 atom stereocenters. The predicted octanol–water partition coefficient (Wildman–Crippen LogP) is 4.83. The number of piperidine rings is 1. The number of hydrogen-bond donors (Lipinski definition) is 1. The summed E-state index contributed by atoms with van der Waals surface area (Å²) in [5.74, 6) is -1.46. The Hall–Kier alpha value is -3.53. The second kappa shape index (κ2) is 13.6. The van der Waals surface area contributed by atoms with Crippen LogP contribution < -0.4 is 10.1 Å². The molecule has 0 amide bonds. The average Bonchev–Trinajstić information content (AvgIpc) is 3.31. The monoisotopic (exact) mass is 681 g/mol. The lowest BCUT2D eigenvalue weighted by Crippen LogP contribution is -2.42. The van der Waals surface area contributed by atoms with Crippen molar-refractivity contribution in [1.82, 2.24) is 4.31 Å². The Kier molecular flexibility index (Phi) is 10.2. The summed E-state index contributed by atoms with van der Waals surface area (Å²) < 4.78 is 43.0. The number of thiophene rings is 1. The first kappa shape index (κ1) is 31.4. The van der Waals surface area contributed by atoms with Gasteiger partial charge in [0.25, 0.3) is 5.69 Å². The summed E-state index contributed by atoms with van der Waals surface area (Å²) in [6.45, 7) is 0.174. The minimum absolute atomic E-state index is 0.00545. The first-order valence-electron chi connectivity index (χ1n) is 12.7. The van der Waals surface area contributed by atoms with Crippen LogP contribution in [0.1, 0.15) is 28.1 Å². The van der Waals surface area contributed by atoms with Crippen molar-refractivity contribution in [1.29, 1.82) is 0 Å². The van der Waals surface area contributed by atoms with Gasteiger partial charge in [0.05, 0.1) is 34.2 Å². The maximum Gasteiger partial charge on any atom is 0.351 e. The zero-order valence-electron chi connectivity index (χ0n) is 22.7. The summed E-state index contributed by atoms with van der Waals surface area (Å²) in [5, 5.41) is 14.8. The number of nitro benzene ring substituents is 1. The minimum atomic E-state index is -3.74. The molecular weight excluding hydrogens is 654 g/mol. The summed E-state index contributed by atoms with van der Waals surface area (Å²) in [5.41, 5.74) is 1.52. The fourth-order valence-electron chi connectivity index (χ4n) is 4.49. The van der Waals surface area contributed by atoms with Gasteiger partial charge in [0.2, 0.25) is 10.0 Å². The highest BCUT2D eigenvalue weighted by Gasteiger charge is 2.30. The molecule has 0 unspecified atom stereocenters. The van der Waals surface area contributed by atoms with E-state index in [1.807, 2.05) is 24.3 Å². The molecule has 42 heavy (non-hydrogen) atoms. The number of nitrogens with zero attached hydrogens (tertiary/aromatic N) is 2. The number of carbonyl (C=O) groups is 2. The van der Waals surface area contributed by atoms with Gasteiger partial charge in [-0.25, -0.2) is 22.3 Å². The first-order valence-corrected chi connectivity index (χ1v) is 15.9. The highest BCUT2D eigenvalue weighted by molar-refractivity contribution is 9.10. The van der Waals surface area contributed by atoms with Crippen LogP contribution in [0.25, 0.3) is 10.4 Å². The highest BCUT2D eigenvalue weighted by Crippen LogP contribution is 2.46. The van der Waals surface area contributed by atoms with Gasteiger partial charge >= 0.3 is 11.9 Å². The minimum Gasteiger partial charge on any atom is -0.479 e. The molecule has 1 aromatic heterocycles. The van der Waals surface area contributed by atoms with Crippen LogP contribution in [-0.2, 0) is 30.0 Å². The number of ether oxygens (including phenoxy) is 3. The third-order valence-corrected chi connectivity index (χ3v) is 10.7. The van der Waals surface area contributed by atoms with Crippen molar-refractivity contribution < 1.29 is 37.1 Å². The number of halogens is 1. The molecule has 1 saturated heterocycles. The van der Waals surface area contributed by atoms with Crippen molar-refractivity contribution in [2.75, 3.05) is 39.2 Å². The van der Waals surface area contributed by atoms with Crippen molar-refractivity contribution in [3.8, 4) is 16.2 Å². The second-order valence-corrected chi connectivity index (χ2v) is 13.1. The lowest BCUT2D eigenvalue weighted by Gasteiger charge is -2.32. The van der Waals surface area contributed by atoms with Gasteiger partial charge in [-0.05, 0) is 46.5 Å². The van der Waals surface area contributed by atoms with E-state index in [4.69, 9.17) is 9.47 Å². The predicted molar refractivity (Wildman–Crippen MR) is 160 cm³/mol. The Bertz CT molecular complexity index is 1590. The van der Waals surface area contributed by atoms with Crippen molar-refractivity contribution in [2.24, 2.45) is 0 Å². The Balaban J connectivity index is 1.44. The zero-order valence-corrected chi connectivity index (χ0v) is 25.9. The number of rotatable bonds is 11. The van der Waals surface area contributed by atoms with E-state index in [1.54, 1.807) is 6.07 Å². The van der Waals surface area contributed by atoms with Crippen molar-refractivity contribution in [2.45, 2.75) is 24.6 Å². The number of esters is 2. The molecule has 1 fully saturated rings. The molecule has 0 spiro atoms. The van der Waals surface area contributed by atoms with Gasteiger partial charge in [-0.15, -0.1) is 11.3 Å². The number of benzene rings is 2. The van der Waals surface area contributed by atoms with Crippen LogP contribution in [-0.4, -0.2) is 69.5 Å². The Labute approximate surface area is 254 Å². The van der Waals surface area contributed by atoms with Gasteiger partial charge in [0.1, 0.15) is 0 Å². The molecule has 1 N–H and O–H groups in total. The average molecular weight is 683 g/mol. The molecule has 2 heterocycles. The van der Waals surface area contributed by atoms with Crippen LogP contribution in [0.5, 0.6) is 5.75 Å². The molecule has 15 heteroatoms. The first-order chi connectivity index (χ1) is 20.0. The molecule has 2 aromatic carbocycles. The van der Waals surface area contributed by atoms with Crippen molar-refractivity contribution in [3.63, 3.8) is 0 Å². The fourth-order valence-corrected chi connectivity index (χ4v) is 8.04. The second-order valence-electron chi connectivity index (χ2n) is 9.30. The molecule has 224 valence electrons. The molecule has 0 aliphatic carbocycles. The number of hydrogen-bond acceptors (Lipinski definition) is 11. The summed E-state index contributed by atoms with van der Waals surface area (Å²) in [6, 6.07) is 13.4. The molecule has 0 radical (unpaired) electrons. The van der Waals surface area contributed by atoms with Gasteiger partial charge in [-0.3, -0.25) is 10.1 Å². The number of para-hydroxylation sites is 1. The smallest absolute Gasteiger partial charge is 0.351 e. The van der Waals surface area contributed by atoms with E-state index in [1.165, 1.54) is 36.7 Å². The van der Waals surface area contributed by atoms with E-state index >= 15 is 0 Å². The third-order valence-electron chi connectivity index (χ3n) is 6.61. The maximum atomic E-state index is 13.0. The van der Waals surface area contributed by atoms with E-state index in [0.717, 1.165) is 22.6 Å². The van der Waals surface area contributed by atoms with Gasteiger partial charge in [-0.2, -0.15) is 0 Å². The number of methoxy groups -OCH3 is 2. The van der Waals surface area contributed by atoms with Gasteiger partial charge in [0, 0.05) is 36.4 Å². The van der Waals surface area contributed by atoms with E-state index in [-0.39, 0.29) is 47.6 Å². The third kappa shape index (κ3) is 7.27. The van der Waals surface area contributed by atoms with Crippen LogP contribution in [0.3, 0.4) is 0 Å². The number of nitrogens with one attached hydrogen (secondary N) is 1. The van der Waals surface area contributed by atoms with Gasteiger partial charge < -0.3 is 19.5 Å². The van der Waals surface area contributed by atoms with Crippen molar-refractivity contribution in [3.05, 3.63) is 73.6 Å². The fraction of sp³-hybridized carbons (Fsp3) is 0.333. The van der Waals surface area contributed by atoms with E-state index < -0.39 is 32.6 Å². The van der Waals surface area contributed by atoms with Gasteiger partial charge in [-0.1, -0.05) is 30.3 Å². The van der Waals surface area contributed by atoms with Crippen LogP contribution in [0, 0.1) is 10.1 Å². The molecule has 12 nitrogen and oxygen atoms in total. The summed E-state index contributed by atoms with van der Waals surface area (Å²) in [6.07, 6.45) is 1.09. The number of anilines is 1. The van der Waals surface area contributed by atoms with E-state index in [2.05, 4.69) is 26.0 Å². The largest absolute Gasteiger partial charge is 0.479 e. The van der Waals surface area contributed by atoms with Crippen LogP contribution in [0.4, 0.5) is 11.4 Å². The van der Waals surface area contributed by atoms with Crippen LogP contribution in [0.15, 0.2) is 53.0 Å². The summed E-state index contributed by atoms with van der Waals surface area (Å²) in [4.78, 5) is 35.6. The summed E-state index contributed by atoms with van der Waals surface area (Å²) in [7, 11) is -1.25. The topological polar surface area (TPSA) is 154 Å². The van der Waals surface area contributed by atoms with E-state index in [9.17, 15) is 28.1 Å². The van der Waals surface area contributed by atoms with E-state index in [0.29, 0.717) is 22.2 Å². The van der Waals surface area contributed by atoms with Gasteiger partial charge in [0.15, 0.2) is 17.2 Å². The molecule has 3 aromatic rings. The lowest BCUT2D eigenvalue weighted by molar-refractivity contribution is -0.385. The lowest BCUT2D eigenvalue weighted by atomic mass is 10.1. The molecule has 4 rings (SSSR count). The molecule has 0 bridgehead atoms. The van der Waals surface area contributed by atoms with Crippen molar-refractivity contribution >= 4 is 60.6 Å². The normalized spacial score (nSPS) is 14.3. The SMILES string of the molecule is COC(=O)COc1c(C(=O)OC)sc(-c2cccc(NC3CCN(S(=O)(=O)Cc4ccccc4[N+](=O)[O-])CC3)c2)c1Br. The Morgan fingerprint density at radius 1 is 1.12 bits per heavy atom. The molecule has 1 aliphatic rings. The quantitative estimate of drug-likeness (QED) is 0.169. The number of carbonyl (C=O) groups excluding carboxylic acids is 2. The van der Waals surface area contributed by atoms with Crippen LogP contribution >= 0.6 is 27.3 Å². The zero-order chi connectivity index (χ0) is 30.4. The molecule has 1 aliphatic heterocycles. The highest BCUT2D eigenvalue weighted by atomic mass is 79.9. The molecule has 0 saturated carbocycles. The van der Waals surface area contributed by atoms with Crippen LogP contribution in [0.2, 0.25) is 0 Å². The summed E-state index contributed by atoms with van der Waals surface area (Å²) >= 11 is 4.65. The standard InChI is InChI=1S/C27H28BrN3O9S2/c1-38-22(32)15-40-24-23(28)25(41-26(24)27(33)39-2)17-7-5-8-20(14-17)29-19-10-12-30(13-11-19)42(36,37)16-18-6-3-4-9-21(18)31(34)35/h3-9,14,19,29H,10-13,15-16H2,1-2H3. The molecular formula is C27H28BrN3O9S2. The Morgan fingerprint density at radius 3 is 2.50 bits per heavy atom. The number of nitro groups is 1. The maximum absolute atomic E-state index is 13.0. The Morgan fingerprint density at radius 2 is 1.83 bits per heavy atom. The number of sulfonamides is 1.